The van der Waals surface area contributed by atoms with E-state index in [0.29, 0.717) is 18.1 Å². The second-order valence-electron chi connectivity index (χ2n) is 9.14. The minimum Gasteiger partial charge on any atom is -0.345 e. The number of carbonyl (C=O) groups excluding carboxylic acids is 1. The van der Waals surface area contributed by atoms with Crippen molar-refractivity contribution in [3.05, 3.63) is 60.2 Å². The number of nitrogens with zero attached hydrogens (tertiary/aromatic N) is 2. The molecule has 4 rings (SSSR count). The molecule has 34 heavy (non-hydrogen) atoms. The molecule has 2 aromatic heterocycles. The van der Waals surface area contributed by atoms with Crippen LogP contribution in [0.5, 0.6) is 0 Å². The molecule has 4 aromatic rings. The van der Waals surface area contributed by atoms with E-state index in [9.17, 15) is 13.2 Å². The molecule has 0 bridgehead atoms. The van der Waals surface area contributed by atoms with Gasteiger partial charge in [0.15, 0.2) is 15.0 Å². The zero-order valence-corrected chi connectivity index (χ0v) is 21.1. The van der Waals surface area contributed by atoms with Gasteiger partial charge in [-0.15, -0.1) is 0 Å². The van der Waals surface area contributed by atoms with E-state index in [1.54, 1.807) is 24.4 Å². The lowest BCUT2D eigenvalue weighted by molar-refractivity contribution is 0.252. The summed E-state index contributed by atoms with van der Waals surface area (Å²) in [6, 6.07) is 12.2. The number of urea groups is 1. The number of aromatic amines is 1. The highest BCUT2D eigenvalue weighted by Crippen LogP contribution is 2.31. The molecule has 2 heterocycles. The third kappa shape index (κ3) is 5.63. The van der Waals surface area contributed by atoms with Crippen LogP contribution in [0.2, 0.25) is 0 Å². The molecule has 10 heteroatoms. The highest BCUT2D eigenvalue weighted by molar-refractivity contribution is 7.90. The summed E-state index contributed by atoms with van der Waals surface area (Å²) in [4.78, 5) is 24.8. The van der Waals surface area contributed by atoms with Gasteiger partial charge in [-0.3, -0.25) is 5.32 Å². The number of rotatable bonds is 6. The average Bonchev–Trinajstić information content (AvgIpc) is 3.39. The Bertz CT molecular complexity index is 1450. The maximum atomic E-state index is 12.3. The van der Waals surface area contributed by atoms with Gasteiger partial charge >= 0.3 is 6.03 Å². The lowest BCUT2D eigenvalue weighted by Gasteiger charge is -2.14. The van der Waals surface area contributed by atoms with Gasteiger partial charge < -0.3 is 10.3 Å². The Labute approximate surface area is 202 Å². The Balaban J connectivity index is 1.39. The fourth-order valence-electron chi connectivity index (χ4n) is 3.38. The SMILES string of the molecule is CC(C)(C)c1ncc(CCNC(=O)Nc2nc3ccc(-c4cccc(S(C)(=O)=O)c4)cc3s2)[nH]1. The van der Waals surface area contributed by atoms with Crippen LogP contribution < -0.4 is 10.6 Å². The molecule has 8 nitrogen and oxygen atoms in total. The molecular weight excluding hydrogens is 470 g/mol. The van der Waals surface area contributed by atoms with Gasteiger partial charge in [0.25, 0.3) is 0 Å². The van der Waals surface area contributed by atoms with Crippen LogP contribution in [-0.2, 0) is 21.7 Å². The highest BCUT2D eigenvalue weighted by atomic mass is 32.2. The summed E-state index contributed by atoms with van der Waals surface area (Å²) >= 11 is 1.36. The number of hydrogen-bond acceptors (Lipinski definition) is 6. The standard InChI is InChI=1S/C24H27N5O3S2/c1-24(2,3)21-26-14-17(27-21)10-11-25-22(30)29-23-28-19-9-8-16(13-20(19)33-23)15-6-5-7-18(12-15)34(4,31)32/h5-9,12-14H,10-11H2,1-4H3,(H,26,27)(H2,25,28,29,30). The largest absolute Gasteiger partial charge is 0.345 e. The predicted molar refractivity (Wildman–Crippen MR) is 136 cm³/mol. The minimum absolute atomic E-state index is 0.0493. The zero-order chi connectivity index (χ0) is 24.5. The van der Waals surface area contributed by atoms with Crippen molar-refractivity contribution in [3.8, 4) is 11.1 Å². The van der Waals surface area contributed by atoms with E-state index in [4.69, 9.17) is 0 Å². The summed E-state index contributed by atoms with van der Waals surface area (Å²) in [5.74, 6) is 0.920. The molecular formula is C24H27N5O3S2. The Morgan fingerprint density at radius 3 is 2.59 bits per heavy atom. The number of hydrogen-bond donors (Lipinski definition) is 3. The van der Waals surface area contributed by atoms with E-state index >= 15 is 0 Å². The molecule has 0 saturated carbocycles. The van der Waals surface area contributed by atoms with Crippen LogP contribution in [0.1, 0.15) is 32.3 Å². The van der Waals surface area contributed by atoms with E-state index in [-0.39, 0.29) is 16.3 Å². The summed E-state index contributed by atoms with van der Waals surface area (Å²) in [7, 11) is -3.29. The number of aromatic nitrogens is 3. The lowest BCUT2D eigenvalue weighted by atomic mass is 9.96. The molecule has 0 radical (unpaired) electrons. The molecule has 0 atom stereocenters. The van der Waals surface area contributed by atoms with Crippen LogP contribution >= 0.6 is 11.3 Å². The Morgan fingerprint density at radius 2 is 1.88 bits per heavy atom. The fourth-order valence-corrected chi connectivity index (χ4v) is 4.95. The quantitative estimate of drug-likeness (QED) is 0.355. The van der Waals surface area contributed by atoms with E-state index in [1.165, 1.54) is 17.6 Å². The molecule has 3 N–H and O–H groups in total. The van der Waals surface area contributed by atoms with Gasteiger partial charge in [-0.05, 0) is 35.4 Å². The zero-order valence-electron chi connectivity index (χ0n) is 19.5. The van der Waals surface area contributed by atoms with Gasteiger partial charge in [-0.2, -0.15) is 0 Å². The number of benzene rings is 2. The number of fused-ring (bicyclic) bond motifs is 1. The maximum Gasteiger partial charge on any atom is 0.321 e. The maximum absolute atomic E-state index is 12.3. The number of anilines is 1. The minimum atomic E-state index is -3.29. The van der Waals surface area contributed by atoms with Crippen molar-refractivity contribution in [1.82, 2.24) is 20.3 Å². The van der Waals surface area contributed by atoms with Crippen LogP contribution in [0, 0.1) is 0 Å². The van der Waals surface area contributed by atoms with Gasteiger partial charge in [0.2, 0.25) is 0 Å². The van der Waals surface area contributed by atoms with E-state index in [0.717, 1.165) is 32.9 Å². The number of sulfone groups is 1. The molecule has 0 aliphatic carbocycles. The van der Waals surface area contributed by atoms with Crippen molar-refractivity contribution in [1.29, 1.82) is 0 Å². The summed E-state index contributed by atoms with van der Waals surface area (Å²) < 4.78 is 24.6. The van der Waals surface area contributed by atoms with Crippen molar-refractivity contribution >= 4 is 42.6 Å². The molecule has 2 aromatic carbocycles. The highest BCUT2D eigenvalue weighted by Gasteiger charge is 2.17. The predicted octanol–water partition coefficient (Wildman–Crippen LogP) is 4.75. The van der Waals surface area contributed by atoms with Crippen molar-refractivity contribution in [3.63, 3.8) is 0 Å². The van der Waals surface area contributed by atoms with Crippen molar-refractivity contribution < 1.29 is 13.2 Å². The third-order valence-electron chi connectivity index (χ3n) is 5.22. The number of H-pyrrole nitrogens is 1. The van der Waals surface area contributed by atoms with Crippen molar-refractivity contribution in [2.75, 3.05) is 18.1 Å². The number of amides is 2. The molecule has 0 aliphatic heterocycles. The van der Waals surface area contributed by atoms with Crippen LogP contribution in [0.3, 0.4) is 0 Å². The fraction of sp³-hybridized carbons (Fsp3) is 0.292. The van der Waals surface area contributed by atoms with E-state index in [2.05, 4.69) is 46.4 Å². The van der Waals surface area contributed by atoms with Gasteiger partial charge in [-0.25, -0.2) is 23.2 Å². The summed E-state index contributed by atoms with van der Waals surface area (Å²) in [6.45, 7) is 6.74. The first-order valence-electron chi connectivity index (χ1n) is 10.8. The van der Waals surface area contributed by atoms with E-state index < -0.39 is 9.84 Å². The average molecular weight is 498 g/mol. The van der Waals surface area contributed by atoms with Crippen LogP contribution in [0.4, 0.5) is 9.93 Å². The van der Waals surface area contributed by atoms with E-state index in [1.807, 2.05) is 24.3 Å². The molecule has 178 valence electrons. The number of imidazole rings is 1. The normalized spacial score (nSPS) is 12.1. The lowest BCUT2D eigenvalue weighted by Crippen LogP contribution is -2.30. The third-order valence-corrected chi connectivity index (χ3v) is 7.27. The Hall–Kier alpha value is -3.24. The van der Waals surface area contributed by atoms with Gasteiger partial charge in [0.05, 0.1) is 15.1 Å². The first kappa shape index (κ1) is 23.9. The van der Waals surface area contributed by atoms with Crippen LogP contribution in [0.15, 0.2) is 53.6 Å². The summed E-state index contributed by atoms with van der Waals surface area (Å²) in [5.41, 5.74) is 3.37. The Morgan fingerprint density at radius 1 is 1.12 bits per heavy atom. The van der Waals surface area contributed by atoms with Gasteiger partial charge in [0, 0.05) is 36.5 Å². The van der Waals surface area contributed by atoms with Gasteiger partial charge in [-0.1, -0.05) is 50.3 Å². The van der Waals surface area contributed by atoms with Crippen molar-refractivity contribution in [2.45, 2.75) is 37.5 Å². The first-order valence-corrected chi connectivity index (χ1v) is 13.5. The summed E-state index contributed by atoms with van der Waals surface area (Å²) in [6.07, 6.45) is 3.64. The second kappa shape index (κ2) is 9.19. The summed E-state index contributed by atoms with van der Waals surface area (Å²) in [5, 5.41) is 6.12. The second-order valence-corrected chi connectivity index (χ2v) is 12.2. The van der Waals surface area contributed by atoms with Crippen molar-refractivity contribution in [2.24, 2.45) is 0 Å². The number of nitrogens with one attached hydrogen (secondary N) is 3. The van der Waals surface area contributed by atoms with Crippen LogP contribution in [0.25, 0.3) is 21.3 Å². The molecule has 0 spiro atoms. The monoisotopic (exact) mass is 497 g/mol. The number of carbonyl (C=O) groups is 1. The molecule has 0 fully saturated rings. The smallest absolute Gasteiger partial charge is 0.321 e. The molecule has 0 aliphatic rings. The molecule has 0 unspecified atom stereocenters. The Kier molecular flexibility index (Phi) is 6.46. The number of thiazole rings is 1. The molecule has 2 amide bonds. The van der Waals surface area contributed by atoms with Gasteiger partial charge in [0.1, 0.15) is 5.82 Å². The van der Waals surface area contributed by atoms with Crippen LogP contribution in [-0.4, -0.2) is 42.2 Å². The topological polar surface area (TPSA) is 117 Å². The molecule has 0 saturated heterocycles. The first-order chi connectivity index (χ1) is 16.0.